The van der Waals surface area contributed by atoms with Crippen LogP contribution in [-0.4, -0.2) is 11.0 Å². The fraction of sp³-hybridized carbons (Fsp3) is 0.0526. The summed E-state index contributed by atoms with van der Waals surface area (Å²) >= 11 is 5.20. The average molecular weight is 320 g/mol. The lowest BCUT2D eigenvalue weighted by molar-refractivity contribution is 0.0978. The van der Waals surface area contributed by atoms with E-state index < -0.39 is 0 Å². The number of rotatable bonds is 2. The van der Waals surface area contributed by atoms with Gasteiger partial charge in [0, 0.05) is 11.3 Å². The topological polar surface area (TPSA) is 41.1 Å². The Bertz CT molecular complexity index is 872. The van der Waals surface area contributed by atoms with Gasteiger partial charge in [0.05, 0.1) is 0 Å². The van der Waals surface area contributed by atoms with Crippen molar-refractivity contribution < 1.29 is 4.79 Å². The van der Waals surface area contributed by atoms with Gasteiger partial charge >= 0.3 is 0 Å². The number of anilines is 1. The summed E-state index contributed by atoms with van der Waals surface area (Å²) < 4.78 is 0. The quantitative estimate of drug-likeness (QED) is 0.693. The molecule has 3 aromatic carbocycles. The van der Waals surface area contributed by atoms with Crippen LogP contribution in [0.25, 0.3) is 10.8 Å². The van der Waals surface area contributed by atoms with Crippen molar-refractivity contribution >= 4 is 39.7 Å². The van der Waals surface area contributed by atoms with E-state index >= 15 is 0 Å². The van der Waals surface area contributed by atoms with Gasteiger partial charge in [-0.15, -0.1) is 0 Å². The largest absolute Gasteiger partial charge is 0.332 e. The summed E-state index contributed by atoms with van der Waals surface area (Å²) in [4.78, 5) is 12.3. The molecule has 0 saturated carbocycles. The molecule has 0 atom stereocenters. The summed E-state index contributed by atoms with van der Waals surface area (Å²) in [6.45, 7) is 2.02. The van der Waals surface area contributed by atoms with Gasteiger partial charge in [0.1, 0.15) is 0 Å². The van der Waals surface area contributed by atoms with E-state index in [2.05, 4.69) is 10.6 Å². The maximum atomic E-state index is 12.3. The van der Waals surface area contributed by atoms with E-state index in [-0.39, 0.29) is 11.0 Å². The van der Waals surface area contributed by atoms with Gasteiger partial charge in [-0.25, -0.2) is 0 Å². The van der Waals surface area contributed by atoms with Crippen LogP contribution in [0.1, 0.15) is 15.9 Å². The SMILES string of the molecule is Cc1ccc(NC(=S)NC(=O)c2ccc3ccccc3c2)cc1. The van der Waals surface area contributed by atoms with E-state index in [9.17, 15) is 4.79 Å². The van der Waals surface area contributed by atoms with Crippen LogP contribution < -0.4 is 10.6 Å². The molecule has 0 aliphatic carbocycles. The van der Waals surface area contributed by atoms with Crippen molar-refractivity contribution in [1.29, 1.82) is 0 Å². The first kappa shape index (κ1) is 15.2. The Morgan fingerprint density at radius 1 is 0.913 bits per heavy atom. The summed E-state index contributed by atoms with van der Waals surface area (Å²) in [5.74, 6) is -0.222. The van der Waals surface area contributed by atoms with Gasteiger partial charge in [0.15, 0.2) is 5.11 Å². The monoisotopic (exact) mass is 320 g/mol. The van der Waals surface area contributed by atoms with Gasteiger partial charge in [-0.2, -0.15) is 0 Å². The summed E-state index contributed by atoms with van der Waals surface area (Å²) in [7, 11) is 0. The number of thiocarbonyl (C=S) groups is 1. The smallest absolute Gasteiger partial charge is 0.257 e. The molecule has 0 aliphatic heterocycles. The lowest BCUT2D eigenvalue weighted by atomic mass is 10.1. The molecular weight excluding hydrogens is 304 g/mol. The zero-order valence-electron chi connectivity index (χ0n) is 12.7. The van der Waals surface area contributed by atoms with Crippen LogP contribution in [0.2, 0.25) is 0 Å². The maximum absolute atomic E-state index is 12.3. The normalized spacial score (nSPS) is 10.3. The third-order valence-corrected chi connectivity index (χ3v) is 3.75. The predicted molar refractivity (Wildman–Crippen MR) is 98.8 cm³/mol. The van der Waals surface area contributed by atoms with Crippen molar-refractivity contribution in [2.45, 2.75) is 6.92 Å². The standard InChI is InChI=1S/C19H16N2OS/c1-13-6-10-17(11-7-13)20-19(23)21-18(22)16-9-8-14-4-2-3-5-15(14)12-16/h2-12H,1H3,(H2,20,21,22,23). The van der Waals surface area contributed by atoms with Crippen molar-refractivity contribution in [2.24, 2.45) is 0 Å². The molecule has 0 radical (unpaired) electrons. The number of nitrogens with one attached hydrogen (secondary N) is 2. The highest BCUT2D eigenvalue weighted by Gasteiger charge is 2.08. The van der Waals surface area contributed by atoms with Gasteiger partial charge in [-0.1, -0.05) is 48.0 Å². The summed E-state index contributed by atoms with van der Waals surface area (Å²) in [5.41, 5.74) is 2.60. The maximum Gasteiger partial charge on any atom is 0.257 e. The van der Waals surface area contributed by atoms with E-state index in [1.807, 2.05) is 67.6 Å². The fourth-order valence-electron chi connectivity index (χ4n) is 2.31. The highest BCUT2D eigenvalue weighted by molar-refractivity contribution is 7.80. The molecule has 0 bridgehead atoms. The van der Waals surface area contributed by atoms with Crippen LogP contribution in [0.15, 0.2) is 66.7 Å². The minimum atomic E-state index is -0.222. The molecule has 2 N–H and O–H groups in total. The molecule has 4 heteroatoms. The van der Waals surface area contributed by atoms with Crippen LogP contribution >= 0.6 is 12.2 Å². The van der Waals surface area contributed by atoms with Gasteiger partial charge < -0.3 is 5.32 Å². The molecule has 114 valence electrons. The molecule has 0 saturated heterocycles. The number of carbonyl (C=O) groups excluding carboxylic acids is 1. The lowest BCUT2D eigenvalue weighted by Gasteiger charge is -2.10. The van der Waals surface area contributed by atoms with Gasteiger partial charge in [-0.05, 0) is 54.2 Å². The Kier molecular flexibility index (Phi) is 4.35. The number of carbonyl (C=O) groups is 1. The average Bonchev–Trinajstić information content (AvgIpc) is 2.56. The number of hydrogen-bond acceptors (Lipinski definition) is 2. The molecule has 0 aromatic heterocycles. The summed E-state index contributed by atoms with van der Waals surface area (Å²) in [5, 5.41) is 8.12. The first-order chi connectivity index (χ1) is 11.1. The Morgan fingerprint density at radius 3 is 2.35 bits per heavy atom. The molecule has 0 heterocycles. The Labute approximate surface area is 140 Å². The second kappa shape index (κ2) is 6.58. The molecular formula is C19H16N2OS. The number of hydrogen-bond donors (Lipinski definition) is 2. The molecule has 1 amide bonds. The minimum Gasteiger partial charge on any atom is -0.332 e. The van der Waals surface area contributed by atoms with Crippen molar-refractivity contribution in [2.75, 3.05) is 5.32 Å². The number of fused-ring (bicyclic) bond motifs is 1. The number of benzene rings is 3. The molecule has 3 rings (SSSR count). The molecule has 0 unspecified atom stereocenters. The molecule has 0 spiro atoms. The predicted octanol–water partition coefficient (Wildman–Crippen LogP) is 4.28. The van der Waals surface area contributed by atoms with Crippen molar-refractivity contribution in [3.05, 3.63) is 77.9 Å². The number of aryl methyl sites for hydroxylation is 1. The third kappa shape index (κ3) is 3.73. The Hall–Kier alpha value is -2.72. The van der Waals surface area contributed by atoms with Crippen LogP contribution in [0, 0.1) is 6.92 Å². The third-order valence-electron chi connectivity index (χ3n) is 3.55. The van der Waals surface area contributed by atoms with Crippen LogP contribution in [0.5, 0.6) is 0 Å². The first-order valence-electron chi connectivity index (χ1n) is 7.29. The van der Waals surface area contributed by atoms with Crippen LogP contribution in [0.4, 0.5) is 5.69 Å². The highest BCUT2D eigenvalue weighted by atomic mass is 32.1. The van der Waals surface area contributed by atoms with Gasteiger partial charge in [-0.3, -0.25) is 10.1 Å². The zero-order valence-corrected chi connectivity index (χ0v) is 13.5. The molecule has 0 fully saturated rings. The highest BCUT2D eigenvalue weighted by Crippen LogP contribution is 2.15. The van der Waals surface area contributed by atoms with E-state index in [1.54, 1.807) is 6.07 Å². The fourth-order valence-corrected chi connectivity index (χ4v) is 2.52. The van der Waals surface area contributed by atoms with Crippen molar-refractivity contribution in [1.82, 2.24) is 5.32 Å². The number of amides is 1. The summed E-state index contributed by atoms with van der Waals surface area (Å²) in [6.07, 6.45) is 0. The van der Waals surface area contributed by atoms with Crippen LogP contribution in [0.3, 0.4) is 0 Å². The minimum absolute atomic E-state index is 0.222. The second-order valence-electron chi connectivity index (χ2n) is 5.34. The van der Waals surface area contributed by atoms with E-state index in [4.69, 9.17) is 12.2 Å². The second-order valence-corrected chi connectivity index (χ2v) is 5.74. The molecule has 23 heavy (non-hydrogen) atoms. The molecule has 3 aromatic rings. The van der Waals surface area contributed by atoms with E-state index in [1.165, 1.54) is 5.56 Å². The summed E-state index contributed by atoms with van der Waals surface area (Å²) in [6, 6.07) is 21.3. The van der Waals surface area contributed by atoms with Gasteiger partial charge in [0.2, 0.25) is 0 Å². The Balaban J connectivity index is 1.69. The lowest BCUT2D eigenvalue weighted by Crippen LogP contribution is -2.34. The molecule has 3 nitrogen and oxygen atoms in total. The first-order valence-corrected chi connectivity index (χ1v) is 7.70. The van der Waals surface area contributed by atoms with E-state index in [0.29, 0.717) is 5.56 Å². The molecule has 0 aliphatic rings. The van der Waals surface area contributed by atoms with E-state index in [0.717, 1.165) is 16.5 Å². The van der Waals surface area contributed by atoms with Crippen molar-refractivity contribution in [3.63, 3.8) is 0 Å². The zero-order chi connectivity index (χ0) is 16.2. The van der Waals surface area contributed by atoms with Crippen molar-refractivity contribution in [3.8, 4) is 0 Å². The Morgan fingerprint density at radius 2 is 1.61 bits per heavy atom. The van der Waals surface area contributed by atoms with Gasteiger partial charge in [0.25, 0.3) is 5.91 Å². The van der Waals surface area contributed by atoms with Crippen LogP contribution in [-0.2, 0) is 0 Å².